The molecule has 4 rings (SSSR count). The van der Waals surface area contributed by atoms with Crippen LogP contribution in [0.25, 0.3) is 11.3 Å². The largest absolute Gasteiger partial charge is 0.870 e. The van der Waals surface area contributed by atoms with Crippen molar-refractivity contribution < 1.29 is 99.4 Å². The number of fused-ring (bicyclic) bond motifs is 3. The molecule has 452 valence electrons. The maximum atomic E-state index is 14.1. The van der Waals surface area contributed by atoms with Crippen LogP contribution in [0.4, 0.5) is 11.5 Å². The number of hydrogen-bond acceptors (Lipinski definition) is 18. The van der Waals surface area contributed by atoms with E-state index < -0.39 is 145 Å². The van der Waals surface area contributed by atoms with Gasteiger partial charge in [-0.05, 0) is 70.3 Å². The van der Waals surface area contributed by atoms with Crippen LogP contribution in [0.15, 0.2) is 23.0 Å². The molecule has 1 unspecified atom stereocenters. The molecule has 33 nitrogen and oxygen atoms in total. The van der Waals surface area contributed by atoms with Crippen LogP contribution in [-0.2, 0) is 57.5 Å². The first-order valence-electron chi connectivity index (χ1n) is 26.6. The second-order valence-corrected chi connectivity index (χ2v) is 19.4. The number of aliphatic carboxylic acids is 1. The fourth-order valence-electron chi connectivity index (χ4n) is 8.92. The molecule has 82 heavy (non-hydrogen) atoms. The van der Waals surface area contributed by atoms with E-state index in [9.17, 15) is 88.1 Å². The zero-order valence-corrected chi connectivity index (χ0v) is 44.9. The minimum atomic E-state index is -1.70. The molecule has 0 radical (unpaired) electrons. The Morgan fingerprint density at radius 3 is 2.13 bits per heavy atom. The predicted molar refractivity (Wildman–Crippen MR) is 277 cm³/mol. The molecular formula is C49H73N14O19+. The minimum absolute atomic E-state index is 0.0346. The van der Waals surface area contributed by atoms with Crippen molar-refractivity contribution in [1.82, 2.24) is 57.2 Å². The Labute approximate surface area is 468 Å². The van der Waals surface area contributed by atoms with Crippen LogP contribution < -0.4 is 69.4 Å². The number of amides is 11. The molecule has 33 heteroatoms. The van der Waals surface area contributed by atoms with E-state index in [1.54, 1.807) is 5.32 Å². The van der Waals surface area contributed by atoms with Gasteiger partial charge in [-0.3, -0.25) is 82.6 Å². The summed E-state index contributed by atoms with van der Waals surface area (Å²) < 4.78 is 1.37. The minimum Gasteiger partial charge on any atom is -0.870 e. The molecule has 0 aromatic carbocycles. The summed E-state index contributed by atoms with van der Waals surface area (Å²) in [6.45, 7) is -2.49. The van der Waals surface area contributed by atoms with E-state index in [2.05, 4.69) is 53.6 Å². The van der Waals surface area contributed by atoms with Crippen LogP contribution >= 0.6 is 0 Å². The number of aromatic nitrogens is 1. The SMILES string of the molecule is [NH3+]CCCC[C@H](NC(=O)[C@H](CO)NC(=O)C1CC[NH2+]c2c(NC(=O)CCC(=O)O)cc3cc([O-])c(=O)cc-3n21)C(=O)NCC(=O)N[C@@H](CCCN(O)C=O)C(=O)N[C@H]1CCCCNC(=O)[C@H](CO)NC(=O)[C@H](CCCN(O)C=O)NC1=O. The van der Waals surface area contributed by atoms with Gasteiger partial charge >= 0.3 is 5.97 Å². The lowest BCUT2D eigenvalue weighted by atomic mass is 10.0. The zero-order valence-electron chi connectivity index (χ0n) is 44.9. The number of nitrogens with one attached hydrogen (secondary N) is 9. The first-order chi connectivity index (χ1) is 39.1. The molecule has 19 N–H and O–H groups in total. The third kappa shape index (κ3) is 20.3. The van der Waals surface area contributed by atoms with Crippen LogP contribution in [0.2, 0.25) is 0 Å². The molecule has 4 aliphatic rings. The summed E-state index contributed by atoms with van der Waals surface area (Å²) in [7, 11) is 0. The molecule has 0 aromatic heterocycles. The van der Waals surface area contributed by atoms with E-state index in [4.69, 9.17) is 5.11 Å². The fraction of sp³-hybridized carbons (Fsp3) is 0.571. The highest BCUT2D eigenvalue weighted by Crippen LogP contribution is 2.36. The molecule has 7 atom stereocenters. The number of anilines is 1. The molecule has 1 fully saturated rings. The number of quaternary nitrogens is 2. The fourth-order valence-corrected chi connectivity index (χ4v) is 8.92. The quantitative estimate of drug-likeness (QED) is 0.0149. The summed E-state index contributed by atoms with van der Waals surface area (Å²) in [6.07, 6.45) is -0.0932. The van der Waals surface area contributed by atoms with Crippen LogP contribution in [-0.4, -0.2) is 201 Å². The van der Waals surface area contributed by atoms with Crippen molar-refractivity contribution >= 4 is 83.5 Å². The van der Waals surface area contributed by atoms with Crippen molar-refractivity contribution in [3.63, 3.8) is 0 Å². The van der Waals surface area contributed by atoms with Crippen molar-refractivity contribution in [1.29, 1.82) is 0 Å². The first kappa shape index (κ1) is 66.1. The summed E-state index contributed by atoms with van der Waals surface area (Å²) in [5.41, 5.74) is 3.20. The van der Waals surface area contributed by atoms with Gasteiger partial charge in [-0.15, -0.1) is 0 Å². The highest BCUT2D eigenvalue weighted by molar-refractivity contribution is 5.98. The number of aliphatic hydroxyl groups is 2. The Morgan fingerprint density at radius 1 is 0.780 bits per heavy atom. The number of pyridine rings is 1. The number of carbonyl (C=O) groups is 12. The number of nitrogens with two attached hydrogens (primary N) is 1. The first-order valence-corrected chi connectivity index (χ1v) is 26.6. The predicted octanol–water partition coefficient (Wildman–Crippen LogP) is -8.05. The summed E-state index contributed by atoms with van der Waals surface area (Å²) in [5, 5.41) is 85.7. The number of carbonyl (C=O) groups excluding carboxylic acids is 11. The van der Waals surface area contributed by atoms with Gasteiger partial charge < -0.3 is 74.0 Å². The van der Waals surface area contributed by atoms with E-state index in [0.717, 1.165) is 12.1 Å². The number of aliphatic hydroxyl groups excluding tert-OH is 2. The van der Waals surface area contributed by atoms with Crippen LogP contribution in [0.1, 0.15) is 89.5 Å². The van der Waals surface area contributed by atoms with Gasteiger partial charge in [0.15, 0.2) is 5.43 Å². The number of nitrogens with zero attached hydrogens (tertiary/aromatic N) is 3. The third-order valence-electron chi connectivity index (χ3n) is 13.2. The van der Waals surface area contributed by atoms with Gasteiger partial charge in [0.1, 0.15) is 48.0 Å². The summed E-state index contributed by atoms with van der Waals surface area (Å²) in [4.78, 5) is 168. The second kappa shape index (κ2) is 33.4. The molecule has 3 heterocycles. The van der Waals surface area contributed by atoms with Gasteiger partial charge in [0.25, 0.3) is 0 Å². The molecule has 11 amide bonds. The van der Waals surface area contributed by atoms with E-state index in [1.807, 2.05) is 0 Å². The smallest absolute Gasteiger partial charge is 0.303 e. The summed E-state index contributed by atoms with van der Waals surface area (Å²) in [5.74, 6) is -9.87. The Kier molecular flexibility index (Phi) is 26.9. The molecule has 0 bridgehead atoms. The molecule has 3 aliphatic heterocycles. The molecule has 1 aliphatic carbocycles. The molecule has 0 aromatic rings. The molecule has 0 spiro atoms. The van der Waals surface area contributed by atoms with Crippen molar-refractivity contribution in [2.24, 2.45) is 0 Å². The van der Waals surface area contributed by atoms with Crippen LogP contribution in [0, 0.1) is 0 Å². The Hall–Kier alpha value is -8.37. The highest BCUT2D eigenvalue weighted by Gasteiger charge is 2.37. The van der Waals surface area contributed by atoms with E-state index >= 15 is 0 Å². The van der Waals surface area contributed by atoms with E-state index in [1.165, 1.54) is 10.6 Å². The molecule has 0 saturated carbocycles. The van der Waals surface area contributed by atoms with Gasteiger partial charge in [0, 0.05) is 44.1 Å². The average molecular weight is 1160 g/mol. The van der Waals surface area contributed by atoms with Crippen LogP contribution in [0.5, 0.6) is 5.75 Å². The Balaban J connectivity index is 1.50. The average Bonchev–Trinajstić information content (AvgIpc) is 1.58. The molecular weight excluding hydrogens is 1090 g/mol. The van der Waals surface area contributed by atoms with Crippen molar-refractivity contribution in [2.45, 2.75) is 126 Å². The van der Waals surface area contributed by atoms with Gasteiger partial charge in [0.05, 0.1) is 45.0 Å². The number of carboxylic acid groups (broad SMARTS) is 1. The van der Waals surface area contributed by atoms with Gasteiger partial charge in [-0.25, -0.2) is 10.1 Å². The van der Waals surface area contributed by atoms with Crippen LogP contribution in [0.3, 0.4) is 0 Å². The van der Waals surface area contributed by atoms with E-state index in [-0.39, 0.29) is 125 Å². The summed E-state index contributed by atoms with van der Waals surface area (Å²) in [6, 6.07) is -6.63. The standard InChI is InChI=1S/C49H72N14O19/c50-14-3-1-7-28(56-48(79)34(24-65)60-49(80)35-13-16-51-42-32(55-39(70)11-12-41(72)73)19-27-20-37(68)38(69)21-36(27)63(35)42)43(74)53-22-40(71)54-29(9-5-17-61(81)25-66)45(76)57-30-8-2-4-15-52-44(75)33(23-64)59-47(78)31(58-46(30)77)10-6-18-62(82)26-67/h19-21,25-26,28-31,33-35,51,64-65,68,81-82H,1-18,22-24,50H2,(H,52,75)(H,53,74)(H,54,71)(H,55,70)(H,56,79)(H,57,76)(H,58,77)(H,59,78)(H,60,80)(H,72,73)/p+1/t28-,29-,30-,31-,33-,34-,35?/m0/s1. The topological polar surface area (TPSA) is 510 Å². The highest BCUT2D eigenvalue weighted by atomic mass is 16.5. The van der Waals surface area contributed by atoms with Gasteiger partial charge in [0.2, 0.25) is 71.8 Å². The number of hydrogen-bond donors (Lipinski definition) is 16. The number of rotatable bonds is 30. The van der Waals surface area contributed by atoms with Gasteiger partial charge in [-0.2, -0.15) is 0 Å². The van der Waals surface area contributed by atoms with Crippen molar-refractivity contribution in [3.8, 4) is 17.0 Å². The monoisotopic (exact) mass is 1160 g/mol. The normalized spacial score (nSPS) is 18.5. The number of benzene rings is 1. The molecule has 1 saturated heterocycles. The van der Waals surface area contributed by atoms with E-state index in [0.29, 0.717) is 24.4 Å². The maximum absolute atomic E-state index is 14.1. The summed E-state index contributed by atoms with van der Waals surface area (Å²) >= 11 is 0. The maximum Gasteiger partial charge on any atom is 0.303 e. The van der Waals surface area contributed by atoms with Crippen molar-refractivity contribution in [3.05, 3.63) is 28.4 Å². The lowest BCUT2D eigenvalue weighted by molar-refractivity contribution is -0.583. The Morgan fingerprint density at radius 2 is 1.46 bits per heavy atom. The lowest BCUT2D eigenvalue weighted by Gasteiger charge is -2.32. The van der Waals surface area contributed by atoms with Crippen molar-refractivity contribution in [2.75, 3.05) is 57.8 Å². The second-order valence-electron chi connectivity index (χ2n) is 19.4. The number of carboxylic acids is 1. The number of hydroxylamine groups is 4. The lowest BCUT2D eigenvalue weighted by Crippen LogP contribution is -2.82. The third-order valence-corrected chi connectivity index (χ3v) is 13.2. The number of unbranched alkanes of at least 4 members (excludes halogenated alkanes) is 1. The zero-order chi connectivity index (χ0) is 60.5. The Bertz CT molecular complexity index is 2640. The van der Waals surface area contributed by atoms with Gasteiger partial charge in [-0.1, -0.05) is 11.8 Å².